The molecule has 0 saturated carbocycles. The van der Waals surface area contributed by atoms with Crippen molar-refractivity contribution in [2.24, 2.45) is 11.0 Å². The van der Waals surface area contributed by atoms with E-state index in [-0.39, 0.29) is 5.84 Å². The molecule has 1 aromatic carbocycles. The summed E-state index contributed by atoms with van der Waals surface area (Å²) in [5.74, 6) is 0.616. The van der Waals surface area contributed by atoms with Gasteiger partial charge >= 0.3 is 0 Å². The molecule has 26 heavy (non-hydrogen) atoms. The smallest absolute Gasteiger partial charge is 0.175 e. The number of hydrogen-bond donors (Lipinski definition) is 2. The molecule has 2 heterocycles. The van der Waals surface area contributed by atoms with Gasteiger partial charge in [-0.3, -0.25) is 10.3 Å². The third-order valence-electron chi connectivity index (χ3n) is 4.63. The highest BCUT2D eigenvalue weighted by molar-refractivity contribution is 7.09. The average molecular weight is 371 g/mol. The van der Waals surface area contributed by atoms with Gasteiger partial charge in [0.2, 0.25) is 0 Å². The van der Waals surface area contributed by atoms with Crippen molar-refractivity contribution < 1.29 is 0 Å². The lowest BCUT2D eigenvalue weighted by atomic mass is 9.99. The minimum atomic E-state index is 0.0290. The van der Waals surface area contributed by atoms with E-state index in [2.05, 4.69) is 45.9 Å². The maximum atomic E-state index is 8.02. The van der Waals surface area contributed by atoms with Crippen molar-refractivity contribution >= 4 is 22.9 Å². The molecular weight excluding hydrogens is 344 g/mol. The molecular formula is C19H26N6S. The van der Waals surface area contributed by atoms with Crippen LogP contribution in [0, 0.1) is 16.9 Å². The molecule has 138 valence electrons. The number of benzene rings is 1. The normalized spacial score (nSPS) is 15.4. The number of nitrogens with zero attached hydrogens (tertiary/aromatic N) is 4. The fourth-order valence-electron chi connectivity index (χ4n) is 3.37. The molecule has 3 rings (SSSR count). The first-order valence-corrected chi connectivity index (χ1v) is 9.89. The Morgan fingerprint density at radius 1 is 1.27 bits per heavy atom. The Morgan fingerprint density at radius 2 is 2.04 bits per heavy atom. The standard InChI is InChI=1S/C19H26N6S/c1-14(2)11-15-3-4-16(19(20)23-21)17(12-15)25-8-6-24(7-9-25)13-18-22-5-10-26-18/h3-5,10,12,14,20-21H,6-9,11,13H2,1-2H3. The van der Waals surface area contributed by atoms with Crippen molar-refractivity contribution in [1.82, 2.24) is 9.88 Å². The summed E-state index contributed by atoms with van der Waals surface area (Å²) in [4.78, 5) is 9.13. The second-order valence-electron chi connectivity index (χ2n) is 7.10. The highest BCUT2D eigenvalue weighted by Crippen LogP contribution is 2.26. The lowest BCUT2D eigenvalue weighted by molar-refractivity contribution is 0.249. The number of aromatic nitrogens is 1. The van der Waals surface area contributed by atoms with Crippen molar-refractivity contribution in [2.75, 3.05) is 31.1 Å². The SMILES string of the molecule is CC(C)Cc1ccc(C(=N)N=N)c(N2CCN(Cc3nccs3)CC2)c1. The van der Waals surface area contributed by atoms with Crippen LogP contribution < -0.4 is 4.90 Å². The van der Waals surface area contributed by atoms with Gasteiger partial charge in [0, 0.05) is 49.0 Å². The van der Waals surface area contributed by atoms with Gasteiger partial charge in [0.15, 0.2) is 5.84 Å². The van der Waals surface area contributed by atoms with E-state index < -0.39 is 0 Å². The van der Waals surface area contributed by atoms with Gasteiger partial charge in [-0.25, -0.2) is 10.5 Å². The number of amidine groups is 1. The number of piperazine rings is 1. The zero-order chi connectivity index (χ0) is 18.5. The summed E-state index contributed by atoms with van der Waals surface area (Å²) in [5.41, 5.74) is 10.3. The van der Waals surface area contributed by atoms with E-state index in [1.54, 1.807) is 11.3 Å². The van der Waals surface area contributed by atoms with E-state index >= 15 is 0 Å². The second kappa shape index (κ2) is 8.51. The van der Waals surface area contributed by atoms with Crippen molar-refractivity contribution in [1.29, 1.82) is 10.9 Å². The molecule has 0 radical (unpaired) electrons. The van der Waals surface area contributed by atoms with Crippen LogP contribution in [-0.2, 0) is 13.0 Å². The van der Waals surface area contributed by atoms with E-state index in [1.807, 2.05) is 17.6 Å². The molecule has 0 atom stereocenters. The van der Waals surface area contributed by atoms with E-state index in [1.165, 1.54) is 5.56 Å². The van der Waals surface area contributed by atoms with Crippen LogP contribution in [0.15, 0.2) is 34.9 Å². The van der Waals surface area contributed by atoms with Crippen LogP contribution in [0.3, 0.4) is 0 Å². The predicted octanol–water partition coefficient (Wildman–Crippen LogP) is 4.02. The molecule has 0 bridgehead atoms. The summed E-state index contributed by atoms with van der Waals surface area (Å²) in [6, 6.07) is 6.21. The average Bonchev–Trinajstić information content (AvgIpc) is 3.14. The molecule has 0 amide bonds. The van der Waals surface area contributed by atoms with Gasteiger partial charge in [0.25, 0.3) is 0 Å². The van der Waals surface area contributed by atoms with Gasteiger partial charge in [0.05, 0.1) is 6.54 Å². The molecule has 1 saturated heterocycles. The van der Waals surface area contributed by atoms with E-state index in [4.69, 9.17) is 10.9 Å². The summed E-state index contributed by atoms with van der Waals surface area (Å²) in [7, 11) is 0. The molecule has 2 N–H and O–H groups in total. The molecule has 7 heteroatoms. The molecule has 6 nitrogen and oxygen atoms in total. The zero-order valence-electron chi connectivity index (χ0n) is 15.4. The molecule has 0 unspecified atom stereocenters. The first-order valence-electron chi connectivity index (χ1n) is 9.02. The molecule has 0 aliphatic carbocycles. The van der Waals surface area contributed by atoms with Gasteiger partial charge in [-0.1, -0.05) is 19.9 Å². The number of nitrogens with one attached hydrogen (secondary N) is 2. The van der Waals surface area contributed by atoms with Crippen LogP contribution in [0.25, 0.3) is 0 Å². The lowest BCUT2D eigenvalue weighted by Crippen LogP contribution is -2.46. The third-order valence-corrected chi connectivity index (χ3v) is 5.39. The first kappa shape index (κ1) is 18.7. The Bertz CT molecular complexity index is 747. The summed E-state index contributed by atoms with van der Waals surface area (Å²) in [5, 5.41) is 14.6. The van der Waals surface area contributed by atoms with Gasteiger partial charge in [-0.05, 0) is 30.0 Å². The maximum Gasteiger partial charge on any atom is 0.175 e. The Kier molecular flexibility index (Phi) is 6.11. The molecule has 2 aromatic rings. The van der Waals surface area contributed by atoms with Crippen molar-refractivity contribution in [3.63, 3.8) is 0 Å². The van der Waals surface area contributed by atoms with Crippen LogP contribution >= 0.6 is 11.3 Å². The highest BCUT2D eigenvalue weighted by Gasteiger charge is 2.21. The monoisotopic (exact) mass is 370 g/mol. The molecule has 1 aromatic heterocycles. The van der Waals surface area contributed by atoms with E-state index in [0.29, 0.717) is 5.92 Å². The molecule has 1 aliphatic rings. The second-order valence-corrected chi connectivity index (χ2v) is 8.08. The van der Waals surface area contributed by atoms with Crippen LogP contribution in [0.2, 0.25) is 0 Å². The van der Waals surface area contributed by atoms with Gasteiger partial charge in [-0.2, -0.15) is 0 Å². The summed E-state index contributed by atoms with van der Waals surface area (Å²) in [6.45, 7) is 9.10. The number of rotatable bonds is 6. The fraction of sp³-hybridized carbons (Fsp3) is 0.474. The Labute approximate surface area is 158 Å². The van der Waals surface area contributed by atoms with Gasteiger partial charge < -0.3 is 4.90 Å². The summed E-state index contributed by atoms with van der Waals surface area (Å²) in [6.07, 6.45) is 2.88. The number of thiazole rings is 1. The number of anilines is 1. The summed E-state index contributed by atoms with van der Waals surface area (Å²) < 4.78 is 0. The van der Waals surface area contributed by atoms with Crippen LogP contribution in [-0.4, -0.2) is 41.9 Å². The predicted molar refractivity (Wildman–Crippen MR) is 107 cm³/mol. The van der Waals surface area contributed by atoms with E-state index in [9.17, 15) is 0 Å². The van der Waals surface area contributed by atoms with E-state index in [0.717, 1.165) is 55.4 Å². The maximum absolute atomic E-state index is 8.02. The number of hydrogen-bond acceptors (Lipinski definition) is 6. The van der Waals surface area contributed by atoms with Gasteiger partial charge in [-0.15, -0.1) is 16.5 Å². The molecule has 0 spiro atoms. The topological polar surface area (TPSA) is 79.4 Å². The van der Waals surface area contributed by atoms with Gasteiger partial charge in [0.1, 0.15) is 5.01 Å². The third kappa shape index (κ3) is 4.53. The Hall–Kier alpha value is -2.12. The van der Waals surface area contributed by atoms with Crippen molar-refractivity contribution in [3.05, 3.63) is 45.9 Å². The Balaban J connectivity index is 1.74. The Morgan fingerprint density at radius 3 is 2.65 bits per heavy atom. The minimum Gasteiger partial charge on any atom is -0.368 e. The minimum absolute atomic E-state index is 0.0290. The van der Waals surface area contributed by atoms with Crippen LogP contribution in [0.5, 0.6) is 0 Å². The zero-order valence-corrected chi connectivity index (χ0v) is 16.2. The van der Waals surface area contributed by atoms with Crippen molar-refractivity contribution in [3.8, 4) is 0 Å². The highest BCUT2D eigenvalue weighted by atomic mass is 32.1. The lowest BCUT2D eigenvalue weighted by Gasteiger charge is -2.36. The molecule has 1 aliphatic heterocycles. The van der Waals surface area contributed by atoms with Crippen LogP contribution in [0.4, 0.5) is 5.69 Å². The van der Waals surface area contributed by atoms with Crippen molar-refractivity contribution in [2.45, 2.75) is 26.8 Å². The quantitative estimate of drug-likeness (QED) is 0.458. The summed E-state index contributed by atoms with van der Waals surface area (Å²) >= 11 is 1.70. The largest absolute Gasteiger partial charge is 0.368 e. The fourth-order valence-corrected chi connectivity index (χ4v) is 4.02. The van der Waals surface area contributed by atoms with Crippen LogP contribution in [0.1, 0.15) is 30.0 Å². The first-order chi connectivity index (χ1) is 12.6. The molecule has 1 fully saturated rings.